The number of sulfone groups is 2. The lowest BCUT2D eigenvalue weighted by molar-refractivity contribution is 0.337. The van der Waals surface area contributed by atoms with Crippen molar-refractivity contribution >= 4 is 19.7 Å². The summed E-state index contributed by atoms with van der Waals surface area (Å²) in [7, 11) is -7.36. The molecule has 0 fully saturated rings. The summed E-state index contributed by atoms with van der Waals surface area (Å²) in [5.74, 6) is 0. The van der Waals surface area contributed by atoms with Crippen molar-refractivity contribution in [3.8, 4) is 24.3 Å². The molecule has 0 saturated heterocycles. The molecule has 0 amide bonds. The molecule has 0 bridgehead atoms. The van der Waals surface area contributed by atoms with Crippen molar-refractivity contribution in [1.29, 1.82) is 21.0 Å². The average Bonchev–Trinajstić information content (AvgIpc) is 2.84. The molecule has 0 aromatic carbocycles. The van der Waals surface area contributed by atoms with Gasteiger partial charge >= 0.3 is 0 Å². The Bertz CT molecular complexity index is 1460. The van der Waals surface area contributed by atoms with Crippen LogP contribution in [-0.4, -0.2) is 42.4 Å². The fraction of sp³-hybridized carbons (Fsp3) is 0.600. The van der Waals surface area contributed by atoms with Crippen molar-refractivity contribution in [3.63, 3.8) is 0 Å². The summed E-state index contributed by atoms with van der Waals surface area (Å²) >= 11 is 0. The lowest BCUT2D eigenvalue weighted by atomic mass is 9.76. The van der Waals surface area contributed by atoms with E-state index in [-0.39, 0.29) is 42.9 Å². The molecule has 12 heteroatoms. The molecule has 2 aliphatic rings. The highest BCUT2D eigenvalue weighted by atomic mass is 32.2. The Morgan fingerprint density at radius 1 is 0.619 bits per heavy atom. The zero-order valence-electron chi connectivity index (χ0n) is 25.3. The molecular weight excluding hydrogens is 573 g/mol. The molecule has 10 nitrogen and oxygen atoms in total. The second-order valence-electron chi connectivity index (χ2n) is 12.6. The monoisotopic (exact) mass is 612 g/mol. The molecule has 0 aliphatic heterocycles. The van der Waals surface area contributed by atoms with Crippen LogP contribution in [0, 0.1) is 56.2 Å². The second kappa shape index (κ2) is 13.6. The maximum absolute atomic E-state index is 12.7. The number of rotatable bonds is 11. The lowest BCUT2D eigenvalue weighted by Crippen LogP contribution is -2.31. The molecule has 0 aromatic rings. The highest BCUT2D eigenvalue weighted by Gasteiger charge is 2.37. The molecule has 0 unspecified atom stereocenters. The Hall–Kier alpha value is -3.58. The van der Waals surface area contributed by atoms with Gasteiger partial charge in [0.2, 0.25) is 0 Å². The Balaban J connectivity index is 2.08. The molecule has 2 aliphatic carbocycles. The van der Waals surface area contributed by atoms with Crippen LogP contribution in [0.25, 0.3) is 0 Å². The maximum atomic E-state index is 12.7. The molecule has 0 aromatic heterocycles. The van der Waals surface area contributed by atoms with Gasteiger partial charge in [0.1, 0.15) is 35.4 Å². The number of unbranched alkanes of at least 4 members (excludes halogenated alkanes) is 3. The minimum Gasteiger partial charge on any atom is -0.387 e. The summed E-state index contributed by atoms with van der Waals surface area (Å²) in [6, 6.07) is 7.40. The van der Waals surface area contributed by atoms with E-state index in [0.29, 0.717) is 50.2 Å². The predicted octanol–water partition coefficient (Wildman–Crippen LogP) is 4.57. The van der Waals surface area contributed by atoms with E-state index in [1.165, 1.54) is 0 Å². The molecule has 2 rings (SSSR count). The first kappa shape index (κ1) is 34.6. The van der Waals surface area contributed by atoms with Gasteiger partial charge in [0.15, 0.2) is 19.7 Å². The number of allylic oxidation sites excluding steroid dienone is 6. The third-order valence-corrected chi connectivity index (χ3v) is 9.76. The van der Waals surface area contributed by atoms with Gasteiger partial charge in [-0.05, 0) is 49.4 Å². The Morgan fingerprint density at radius 2 is 0.929 bits per heavy atom. The molecule has 0 spiro atoms. The molecule has 226 valence electrons. The minimum absolute atomic E-state index is 0.0545. The van der Waals surface area contributed by atoms with E-state index in [1.807, 2.05) is 52.0 Å². The van der Waals surface area contributed by atoms with E-state index < -0.39 is 19.7 Å². The smallest absolute Gasteiger partial charge is 0.177 e. The summed E-state index contributed by atoms with van der Waals surface area (Å²) in [5, 5.41) is 44.2. The number of nitriles is 4. The van der Waals surface area contributed by atoms with E-state index in [0.717, 1.165) is 38.2 Å². The summed E-state index contributed by atoms with van der Waals surface area (Å²) in [6.45, 7) is 8.96. The van der Waals surface area contributed by atoms with E-state index in [1.54, 1.807) is 0 Å². The Kier molecular flexibility index (Phi) is 11.2. The van der Waals surface area contributed by atoms with Gasteiger partial charge in [-0.2, -0.15) is 21.0 Å². The lowest BCUT2D eigenvalue weighted by Gasteiger charge is -2.35. The third kappa shape index (κ3) is 8.96. The van der Waals surface area contributed by atoms with Gasteiger partial charge in [0, 0.05) is 48.1 Å². The minimum atomic E-state index is -3.68. The number of hydrogen-bond donors (Lipinski definition) is 2. The highest BCUT2D eigenvalue weighted by Crippen LogP contribution is 2.45. The number of nitrogens with zero attached hydrogens (tertiary/aromatic N) is 4. The first-order chi connectivity index (χ1) is 19.4. The van der Waals surface area contributed by atoms with Gasteiger partial charge in [-0.25, -0.2) is 16.8 Å². The average molecular weight is 613 g/mol. The molecule has 0 atom stereocenters. The quantitative estimate of drug-likeness (QED) is 0.247. The van der Waals surface area contributed by atoms with Gasteiger partial charge in [-0.3, -0.25) is 0 Å². The van der Waals surface area contributed by atoms with Crippen LogP contribution in [0.2, 0.25) is 0 Å². The van der Waals surface area contributed by atoms with E-state index in [2.05, 4.69) is 10.6 Å². The summed E-state index contributed by atoms with van der Waals surface area (Å²) < 4.78 is 50.7. The van der Waals surface area contributed by atoms with Crippen LogP contribution >= 0.6 is 0 Å². The van der Waals surface area contributed by atoms with E-state index >= 15 is 0 Å². The standard InChI is InChI=1S/C30H40N6O4S2/c1-29(2)13-23(21(17-31)18-32)27(41(5,37)38)25(15-29)35-11-9-7-8-10-12-36-26-16-30(3,4)14-24(22(19-33)20-34)28(26)42(6,39)40/h35-36H,7-16H2,1-6H3. The van der Waals surface area contributed by atoms with Crippen LogP contribution < -0.4 is 10.6 Å². The van der Waals surface area contributed by atoms with Gasteiger partial charge in [0.05, 0.1) is 9.81 Å². The fourth-order valence-electron chi connectivity index (χ4n) is 5.71. The van der Waals surface area contributed by atoms with Gasteiger partial charge in [0.25, 0.3) is 0 Å². The van der Waals surface area contributed by atoms with Crippen LogP contribution in [0.4, 0.5) is 0 Å². The fourth-order valence-corrected chi connectivity index (χ4v) is 8.14. The first-order valence-corrected chi connectivity index (χ1v) is 17.6. The second-order valence-corrected chi connectivity index (χ2v) is 16.5. The van der Waals surface area contributed by atoms with Gasteiger partial charge in [-0.15, -0.1) is 0 Å². The molecule has 2 N–H and O–H groups in total. The first-order valence-electron chi connectivity index (χ1n) is 13.8. The largest absolute Gasteiger partial charge is 0.387 e. The van der Waals surface area contributed by atoms with Crippen LogP contribution in [-0.2, 0) is 19.7 Å². The molecule has 0 heterocycles. The summed E-state index contributed by atoms with van der Waals surface area (Å²) in [5.41, 5.74) is 0.624. The van der Waals surface area contributed by atoms with Crippen molar-refractivity contribution < 1.29 is 16.8 Å². The van der Waals surface area contributed by atoms with Crippen LogP contribution in [0.3, 0.4) is 0 Å². The van der Waals surface area contributed by atoms with Gasteiger partial charge < -0.3 is 10.6 Å². The van der Waals surface area contributed by atoms with Crippen molar-refractivity contribution in [2.45, 2.75) is 79.1 Å². The number of nitrogens with one attached hydrogen (secondary N) is 2. The molecular formula is C30H40N6O4S2. The normalized spacial score (nSPS) is 18.3. The zero-order chi connectivity index (χ0) is 31.9. The third-order valence-electron chi connectivity index (χ3n) is 7.29. The summed E-state index contributed by atoms with van der Waals surface area (Å²) in [6.07, 6.45) is 7.00. The maximum Gasteiger partial charge on any atom is 0.177 e. The SMILES string of the molecule is CC1(C)CC(NCCCCCCNC2=C(S(C)(=O)=O)C(=C(C#N)C#N)CC(C)(C)C2)=C(S(C)(=O)=O)C(=C(C#N)C#N)C1. The van der Waals surface area contributed by atoms with Crippen LogP contribution in [0.5, 0.6) is 0 Å². The van der Waals surface area contributed by atoms with Crippen LogP contribution in [0.1, 0.15) is 79.1 Å². The van der Waals surface area contributed by atoms with Crippen molar-refractivity contribution in [1.82, 2.24) is 10.6 Å². The zero-order valence-corrected chi connectivity index (χ0v) is 26.9. The van der Waals surface area contributed by atoms with E-state index in [4.69, 9.17) is 0 Å². The Labute approximate surface area is 250 Å². The summed E-state index contributed by atoms with van der Waals surface area (Å²) in [4.78, 5) is 0.109. The highest BCUT2D eigenvalue weighted by molar-refractivity contribution is 7.95. The van der Waals surface area contributed by atoms with Gasteiger partial charge in [-0.1, -0.05) is 40.5 Å². The van der Waals surface area contributed by atoms with Crippen LogP contribution in [0.15, 0.2) is 43.5 Å². The number of hydrogen-bond acceptors (Lipinski definition) is 10. The Morgan fingerprint density at radius 3 is 1.19 bits per heavy atom. The van der Waals surface area contributed by atoms with Crippen molar-refractivity contribution in [2.24, 2.45) is 10.8 Å². The molecule has 0 radical (unpaired) electrons. The predicted molar refractivity (Wildman–Crippen MR) is 161 cm³/mol. The van der Waals surface area contributed by atoms with Crippen molar-refractivity contribution in [3.05, 3.63) is 43.5 Å². The molecule has 42 heavy (non-hydrogen) atoms. The topological polar surface area (TPSA) is 187 Å². The molecule has 0 saturated carbocycles. The van der Waals surface area contributed by atoms with Crippen molar-refractivity contribution in [2.75, 3.05) is 25.6 Å². The van der Waals surface area contributed by atoms with E-state index in [9.17, 15) is 37.9 Å².